The molecule has 0 spiro atoms. The molecule has 1 aromatic rings. The van der Waals surface area contributed by atoms with E-state index in [0.29, 0.717) is 16.1 Å². The fourth-order valence-corrected chi connectivity index (χ4v) is 1.72. The van der Waals surface area contributed by atoms with Crippen molar-refractivity contribution in [2.45, 2.75) is 25.6 Å². The van der Waals surface area contributed by atoms with Crippen LogP contribution in [0.1, 0.15) is 24.7 Å². The van der Waals surface area contributed by atoms with E-state index in [0.717, 1.165) is 18.4 Å². The summed E-state index contributed by atoms with van der Waals surface area (Å²) >= 11 is 17.4. The summed E-state index contributed by atoms with van der Waals surface area (Å²) in [6.45, 7) is 2.04. The highest BCUT2D eigenvalue weighted by Crippen LogP contribution is 2.22. The lowest BCUT2D eigenvalue weighted by atomic mass is 10.2. The number of halogens is 3. The smallest absolute Gasteiger partial charge is 0.146 e. The van der Waals surface area contributed by atoms with E-state index in [-0.39, 0.29) is 5.88 Å². The largest absolute Gasteiger partial charge is 0.220 e. The quantitative estimate of drug-likeness (QED) is 0.596. The molecule has 0 N–H and O–H groups in total. The van der Waals surface area contributed by atoms with Crippen molar-refractivity contribution < 1.29 is 0 Å². The molecule has 0 aliphatic rings. The molecule has 1 aromatic heterocycles. The summed E-state index contributed by atoms with van der Waals surface area (Å²) in [5.41, 5.74) is 0.805. The Balaban J connectivity index is 3.07. The molecule has 0 amide bonds. The van der Waals surface area contributed by atoms with Gasteiger partial charge in [0.15, 0.2) is 0 Å². The van der Waals surface area contributed by atoms with Crippen LogP contribution in [0.4, 0.5) is 0 Å². The first-order valence-corrected chi connectivity index (χ1v) is 5.24. The van der Waals surface area contributed by atoms with Gasteiger partial charge in [0.25, 0.3) is 0 Å². The summed E-state index contributed by atoms with van der Waals surface area (Å²) in [5.74, 6) is 0.697. The molecule has 0 aliphatic carbocycles. The maximum Gasteiger partial charge on any atom is 0.146 e. The molecular weight excluding hydrogens is 230 g/mol. The molecule has 13 heavy (non-hydrogen) atoms. The summed E-state index contributed by atoms with van der Waals surface area (Å²) in [6.07, 6.45) is 1.75. The number of hydrogen-bond acceptors (Lipinski definition) is 2. The van der Waals surface area contributed by atoms with Gasteiger partial charge in [-0.25, -0.2) is 9.97 Å². The van der Waals surface area contributed by atoms with Crippen LogP contribution in [0.3, 0.4) is 0 Å². The van der Waals surface area contributed by atoms with Gasteiger partial charge >= 0.3 is 0 Å². The van der Waals surface area contributed by atoms with Crippen molar-refractivity contribution in [1.29, 1.82) is 0 Å². The van der Waals surface area contributed by atoms with E-state index in [4.69, 9.17) is 34.8 Å². The van der Waals surface area contributed by atoms with E-state index >= 15 is 0 Å². The first kappa shape index (κ1) is 11.0. The second kappa shape index (κ2) is 4.99. The zero-order valence-electron chi connectivity index (χ0n) is 7.15. The first-order valence-electron chi connectivity index (χ1n) is 3.95. The van der Waals surface area contributed by atoms with E-state index in [1.54, 1.807) is 0 Å². The third-order valence-corrected chi connectivity index (χ3v) is 2.44. The minimum absolute atomic E-state index is 0.228. The maximum atomic E-state index is 5.90. The van der Waals surface area contributed by atoms with E-state index < -0.39 is 0 Å². The van der Waals surface area contributed by atoms with Crippen molar-refractivity contribution in [1.82, 2.24) is 9.97 Å². The fourth-order valence-electron chi connectivity index (χ4n) is 0.988. The molecule has 0 saturated heterocycles. The molecule has 0 atom stereocenters. The molecule has 0 aliphatic heterocycles. The molecule has 5 heteroatoms. The summed E-state index contributed by atoms with van der Waals surface area (Å²) < 4.78 is 0. The Hall–Kier alpha value is -0.0500. The molecule has 0 saturated carbocycles. The highest BCUT2D eigenvalue weighted by Gasteiger charge is 2.09. The van der Waals surface area contributed by atoms with E-state index in [9.17, 15) is 0 Å². The van der Waals surface area contributed by atoms with E-state index in [1.807, 2.05) is 6.92 Å². The average Bonchev–Trinajstić information content (AvgIpc) is 2.11. The lowest BCUT2D eigenvalue weighted by Gasteiger charge is -2.05. The van der Waals surface area contributed by atoms with Gasteiger partial charge in [0.1, 0.15) is 16.1 Å². The standard InChI is InChI=1S/C8H9Cl3N2/c1-2-3-5-7(10)12-6(4-9)13-8(5)11/h2-4H2,1H3. The van der Waals surface area contributed by atoms with Crippen LogP contribution in [0.15, 0.2) is 0 Å². The van der Waals surface area contributed by atoms with Gasteiger partial charge in [0.05, 0.1) is 5.88 Å². The van der Waals surface area contributed by atoms with E-state index in [1.165, 1.54) is 0 Å². The SMILES string of the molecule is CCCc1c(Cl)nc(CCl)nc1Cl. The van der Waals surface area contributed by atoms with Crippen molar-refractivity contribution in [3.63, 3.8) is 0 Å². The topological polar surface area (TPSA) is 25.8 Å². The maximum absolute atomic E-state index is 5.90. The predicted octanol–water partition coefficient (Wildman–Crippen LogP) is 3.47. The normalized spacial score (nSPS) is 10.5. The third kappa shape index (κ3) is 2.70. The van der Waals surface area contributed by atoms with Crippen LogP contribution >= 0.6 is 34.8 Å². The molecule has 2 nitrogen and oxygen atoms in total. The number of alkyl halides is 1. The molecule has 0 fully saturated rings. The molecule has 0 aromatic carbocycles. The van der Waals surface area contributed by atoms with Gasteiger partial charge < -0.3 is 0 Å². The van der Waals surface area contributed by atoms with Crippen LogP contribution < -0.4 is 0 Å². The molecule has 72 valence electrons. The Morgan fingerprint density at radius 3 is 2.08 bits per heavy atom. The highest BCUT2D eigenvalue weighted by molar-refractivity contribution is 6.34. The molecule has 0 unspecified atom stereocenters. The van der Waals surface area contributed by atoms with Gasteiger partial charge in [-0.15, -0.1) is 11.6 Å². The minimum atomic E-state index is 0.228. The molecular formula is C8H9Cl3N2. The molecule has 1 heterocycles. The van der Waals surface area contributed by atoms with Gasteiger partial charge in [-0.3, -0.25) is 0 Å². The minimum Gasteiger partial charge on any atom is -0.220 e. The zero-order valence-corrected chi connectivity index (χ0v) is 9.42. The lowest BCUT2D eigenvalue weighted by molar-refractivity contribution is 0.887. The highest BCUT2D eigenvalue weighted by atomic mass is 35.5. The van der Waals surface area contributed by atoms with Crippen LogP contribution in [0.5, 0.6) is 0 Å². The Labute approximate surface area is 92.2 Å². The van der Waals surface area contributed by atoms with E-state index in [2.05, 4.69) is 9.97 Å². The summed E-state index contributed by atoms with van der Waals surface area (Å²) in [6, 6.07) is 0. The van der Waals surface area contributed by atoms with Crippen LogP contribution in [-0.4, -0.2) is 9.97 Å². The lowest BCUT2D eigenvalue weighted by Crippen LogP contribution is -1.98. The first-order chi connectivity index (χ1) is 6.19. The van der Waals surface area contributed by atoms with Gasteiger partial charge in [-0.1, -0.05) is 36.5 Å². The Morgan fingerprint density at radius 1 is 1.15 bits per heavy atom. The van der Waals surface area contributed by atoms with Crippen LogP contribution in [-0.2, 0) is 12.3 Å². The number of nitrogens with zero attached hydrogens (tertiary/aromatic N) is 2. The average molecular weight is 240 g/mol. The van der Waals surface area contributed by atoms with Gasteiger partial charge in [0, 0.05) is 5.56 Å². The predicted molar refractivity (Wildman–Crippen MR) is 55.6 cm³/mol. The number of aromatic nitrogens is 2. The third-order valence-electron chi connectivity index (χ3n) is 1.57. The fraction of sp³-hybridized carbons (Fsp3) is 0.500. The Kier molecular flexibility index (Phi) is 4.23. The van der Waals surface area contributed by atoms with Gasteiger partial charge in [-0.05, 0) is 6.42 Å². The van der Waals surface area contributed by atoms with Crippen molar-refractivity contribution in [3.05, 3.63) is 21.7 Å². The Bertz CT molecular complexity index is 278. The molecule has 0 radical (unpaired) electrons. The zero-order chi connectivity index (χ0) is 9.84. The Morgan fingerprint density at radius 2 is 1.69 bits per heavy atom. The van der Waals surface area contributed by atoms with Crippen molar-refractivity contribution in [2.75, 3.05) is 0 Å². The molecule has 0 bridgehead atoms. The van der Waals surface area contributed by atoms with Crippen LogP contribution in [0, 0.1) is 0 Å². The van der Waals surface area contributed by atoms with Crippen molar-refractivity contribution in [3.8, 4) is 0 Å². The van der Waals surface area contributed by atoms with Crippen LogP contribution in [0.2, 0.25) is 10.3 Å². The van der Waals surface area contributed by atoms with Crippen LogP contribution in [0.25, 0.3) is 0 Å². The van der Waals surface area contributed by atoms with Crippen molar-refractivity contribution >= 4 is 34.8 Å². The number of rotatable bonds is 3. The van der Waals surface area contributed by atoms with Gasteiger partial charge in [-0.2, -0.15) is 0 Å². The molecule has 1 rings (SSSR count). The van der Waals surface area contributed by atoms with Crippen molar-refractivity contribution in [2.24, 2.45) is 0 Å². The monoisotopic (exact) mass is 238 g/mol. The van der Waals surface area contributed by atoms with Gasteiger partial charge in [0.2, 0.25) is 0 Å². The summed E-state index contributed by atoms with van der Waals surface area (Å²) in [7, 11) is 0. The second-order valence-electron chi connectivity index (χ2n) is 2.58. The number of hydrogen-bond donors (Lipinski definition) is 0. The summed E-state index contributed by atoms with van der Waals surface area (Å²) in [5, 5.41) is 0.829. The summed E-state index contributed by atoms with van der Waals surface area (Å²) in [4.78, 5) is 8.02. The second-order valence-corrected chi connectivity index (χ2v) is 3.57.